The Kier molecular flexibility index (Phi) is 6.27. The molecule has 2 N–H and O–H groups in total. The molecule has 0 aliphatic carbocycles. The number of aromatic nitrogens is 3. The number of para-hydroxylation sites is 1. The highest BCUT2D eigenvalue weighted by molar-refractivity contribution is 5.98. The van der Waals surface area contributed by atoms with E-state index in [0.29, 0.717) is 17.8 Å². The SMILES string of the molecule is C[C@@H]1CC[C@@H](C(=O)CN)CN1C(=O)c1ccccc1-n1nccn1.Cl. The maximum absolute atomic E-state index is 13.1. The van der Waals surface area contributed by atoms with Crippen LogP contribution in [0.15, 0.2) is 36.7 Å². The zero-order chi connectivity index (χ0) is 17.1. The molecule has 0 saturated carbocycles. The number of rotatable bonds is 4. The Hall–Kier alpha value is -2.25. The van der Waals surface area contributed by atoms with Crippen LogP contribution in [0.25, 0.3) is 5.69 Å². The standard InChI is InChI=1S/C17H21N5O2.ClH/c1-12-6-7-13(16(23)10-18)11-21(12)17(24)14-4-2-3-5-15(14)22-19-8-9-20-22;/h2-5,8-9,12-13H,6-7,10-11,18H2,1H3;1H/t12-,13-;/m1./s1. The van der Waals surface area contributed by atoms with E-state index in [0.717, 1.165) is 12.8 Å². The first-order chi connectivity index (χ1) is 11.6. The van der Waals surface area contributed by atoms with Crippen LogP contribution in [0.1, 0.15) is 30.1 Å². The lowest BCUT2D eigenvalue weighted by Gasteiger charge is -2.37. The van der Waals surface area contributed by atoms with Crippen molar-refractivity contribution in [3.8, 4) is 5.69 Å². The van der Waals surface area contributed by atoms with Crippen LogP contribution in [-0.4, -0.2) is 50.7 Å². The van der Waals surface area contributed by atoms with Crippen LogP contribution in [-0.2, 0) is 4.79 Å². The second-order valence-electron chi connectivity index (χ2n) is 6.09. The van der Waals surface area contributed by atoms with E-state index in [2.05, 4.69) is 10.2 Å². The van der Waals surface area contributed by atoms with E-state index in [4.69, 9.17) is 5.73 Å². The monoisotopic (exact) mass is 363 g/mol. The molecule has 1 aromatic heterocycles. The molecule has 2 heterocycles. The number of benzene rings is 1. The van der Waals surface area contributed by atoms with E-state index in [1.165, 1.54) is 4.80 Å². The third kappa shape index (κ3) is 3.88. The van der Waals surface area contributed by atoms with Gasteiger partial charge in [-0.1, -0.05) is 12.1 Å². The van der Waals surface area contributed by atoms with Crippen molar-refractivity contribution >= 4 is 24.1 Å². The second-order valence-corrected chi connectivity index (χ2v) is 6.09. The fourth-order valence-corrected chi connectivity index (χ4v) is 3.14. The molecule has 1 aliphatic rings. The van der Waals surface area contributed by atoms with Gasteiger partial charge in [0.2, 0.25) is 0 Å². The summed E-state index contributed by atoms with van der Waals surface area (Å²) in [6, 6.07) is 7.32. The number of nitrogens with two attached hydrogens (primary N) is 1. The third-order valence-electron chi connectivity index (χ3n) is 4.57. The zero-order valence-electron chi connectivity index (χ0n) is 14.0. The highest BCUT2D eigenvalue weighted by Crippen LogP contribution is 2.25. The largest absolute Gasteiger partial charge is 0.335 e. The van der Waals surface area contributed by atoms with Gasteiger partial charge in [0.1, 0.15) is 0 Å². The summed E-state index contributed by atoms with van der Waals surface area (Å²) in [7, 11) is 0. The lowest BCUT2D eigenvalue weighted by atomic mass is 9.89. The molecule has 134 valence electrons. The maximum atomic E-state index is 13.1. The molecule has 0 bridgehead atoms. The predicted octanol–water partition coefficient (Wildman–Crippen LogP) is 1.46. The van der Waals surface area contributed by atoms with Crippen molar-refractivity contribution in [2.45, 2.75) is 25.8 Å². The Balaban J connectivity index is 0.00000225. The predicted molar refractivity (Wildman–Crippen MR) is 95.9 cm³/mol. The molecule has 0 unspecified atom stereocenters. The van der Waals surface area contributed by atoms with E-state index < -0.39 is 0 Å². The topological polar surface area (TPSA) is 94.1 Å². The van der Waals surface area contributed by atoms with Gasteiger partial charge in [0.25, 0.3) is 5.91 Å². The highest BCUT2D eigenvalue weighted by atomic mass is 35.5. The van der Waals surface area contributed by atoms with Crippen molar-refractivity contribution in [1.29, 1.82) is 0 Å². The molecular weight excluding hydrogens is 342 g/mol. The number of Topliss-reactive ketones (excluding diaryl/α,β-unsaturated/α-hetero) is 1. The van der Waals surface area contributed by atoms with Crippen molar-refractivity contribution in [1.82, 2.24) is 19.9 Å². The van der Waals surface area contributed by atoms with E-state index in [9.17, 15) is 9.59 Å². The van der Waals surface area contributed by atoms with Crippen LogP contribution in [0, 0.1) is 5.92 Å². The molecule has 0 spiro atoms. The van der Waals surface area contributed by atoms with Gasteiger partial charge in [0.05, 0.1) is 30.2 Å². The lowest BCUT2D eigenvalue weighted by molar-refractivity contribution is -0.123. The summed E-state index contributed by atoms with van der Waals surface area (Å²) in [5.74, 6) is -0.267. The number of halogens is 1. The molecule has 2 aromatic rings. The van der Waals surface area contributed by atoms with Crippen molar-refractivity contribution < 1.29 is 9.59 Å². The number of likely N-dealkylation sites (tertiary alicyclic amines) is 1. The van der Waals surface area contributed by atoms with Gasteiger partial charge in [-0.05, 0) is 31.9 Å². The summed E-state index contributed by atoms with van der Waals surface area (Å²) in [5.41, 5.74) is 6.65. The van der Waals surface area contributed by atoms with Crippen molar-refractivity contribution in [2.75, 3.05) is 13.1 Å². The average molecular weight is 364 g/mol. The smallest absolute Gasteiger partial charge is 0.256 e. The molecule has 3 rings (SSSR count). The van der Waals surface area contributed by atoms with E-state index in [1.807, 2.05) is 25.1 Å². The zero-order valence-corrected chi connectivity index (χ0v) is 14.9. The fourth-order valence-electron chi connectivity index (χ4n) is 3.14. The first-order valence-corrected chi connectivity index (χ1v) is 8.11. The van der Waals surface area contributed by atoms with Gasteiger partial charge in [0, 0.05) is 18.5 Å². The van der Waals surface area contributed by atoms with Crippen LogP contribution in [0.4, 0.5) is 0 Å². The molecule has 8 heteroatoms. The minimum absolute atomic E-state index is 0. The molecular formula is C17H22ClN5O2. The minimum atomic E-state index is -0.176. The summed E-state index contributed by atoms with van der Waals surface area (Å²) in [6.45, 7) is 2.45. The number of hydrogen-bond donors (Lipinski definition) is 1. The lowest BCUT2D eigenvalue weighted by Crippen LogP contribution is -2.48. The first kappa shape index (κ1) is 19.1. The summed E-state index contributed by atoms with van der Waals surface area (Å²) in [5, 5.41) is 8.23. The van der Waals surface area contributed by atoms with Crippen molar-refractivity contribution in [2.24, 2.45) is 11.7 Å². The summed E-state index contributed by atoms with van der Waals surface area (Å²) < 4.78 is 0. The van der Waals surface area contributed by atoms with Gasteiger partial charge in [0.15, 0.2) is 5.78 Å². The minimum Gasteiger partial charge on any atom is -0.335 e. The van der Waals surface area contributed by atoms with E-state index in [-0.39, 0.29) is 42.6 Å². The van der Waals surface area contributed by atoms with Gasteiger partial charge in [-0.15, -0.1) is 12.4 Å². The van der Waals surface area contributed by atoms with Crippen LogP contribution in [0.5, 0.6) is 0 Å². The summed E-state index contributed by atoms with van der Waals surface area (Å²) in [6.07, 6.45) is 4.72. The molecule has 1 amide bonds. The van der Waals surface area contributed by atoms with Crippen molar-refractivity contribution in [3.63, 3.8) is 0 Å². The Morgan fingerprint density at radius 1 is 1.20 bits per heavy atom. The van der Waals surface area contributed by atoms with Gasteiger partial charge in [-0.2, -0.15) is 15.0 Å². The number of ketones is 1. The first-order valence-electron chi connectivity index (χ1n) is 8.11. The molecule has 1 fully saturated rings. The Labute approximate surface area is 152 Å². The Morgan fingerprint density at radius 2 is 1.88 bits per heavy atom. The van der Waals surface area contributed by atoms with Crippen molar-refractivity contribution in [3.05, 3.63) is 42.2 Å². The van der Waals surface area contributed by atoms with Crippen LogP contribution < -0.4 is 5.73 Å². The van der Waals surface area contributed by atoms with E-state index in [1.54, 1.807) is 23.4 Å². The van der Waals surface area contributed by atoms with Gasteiger partial charge < -0.3 is 10.6 Å². The number of nitrogens with zero attached hydrogens (tertiary/aromatic N) is 4. The summed E-state index contributed by atoms with van der Waals surface area (Å²) in [4.78, 5) is 28.2. The van der Waals surface area contributed by atoms with Crippen LogP contribution in [0.3, 0.4) is 0 Å². The number of carbonyl (C=O) groups is 2. The molecule has 7 nitrogen and oxygen atoms in total. The molecule has 1 aliphatic heterocycles. The summed E-state index contributed by atoms with van der Waals surface area (Å²) >= 11 is 0. The maximum Gasteiger partial charge on any atom is 0.256 e. The number of piperidine rings is 1. The Bertz CT molecular complexity index is 734. The van der Waals surface area contributed by atoms with Crippen LogP contribution >= 0.6 is 12.4 Å². The molecule has 1 saturated heterocycles. The molecule has 1 aromatic carbocycles. The van der Waals surface area contributed by atoms with Gasteiger partial charge >= 0.3 is 0 Å². The van der Waals surface area contributed by atoms with Crippen LogP contribution in [0.2, 0.25) is 0 Å². The second kappa shape index (κ2) is 8.22. The molecule has 25 heavy (non-hydrogen) atoms. The molecule has 2 atom stereocenters. The number of carbonyl (C=O) groups excluding carboxylic acids is 2. The number of amides is 1. The number of hydrogen-bond acceptors (Lipinski definition) is 5. The third-order valence-corrected chi connectivity index (χ3v) is 4.57. The van der Waals surface area contributed by atoms with Gasteiger partial charge in [-0.3, -0.25) is 9.59 Å². The highest BCUT2D eigenvalue weighted by Gasteiger charge is 2.33. The average Bonchev–Trinajstić information content (AvgIpc) is 3.15. The molecule has 0 radical (unpaired) electrons. The van der Waals surface area contributed by atoms with E-state index >= 15 is 0 Å². The quantitative estimate of drug-likeness (QED) is 0.887. The normalized spacial score (nSPS) is 20.0. The fraction of sp³-hybridized carbons (Fsp3) is 0.412. The van der Waals surface area contributed by atoms with Gasteiger partial charge in [-0.25, -0.2) is 0 Å². The Morgan fingerprint density at radius 3 is 2.56 bits per heavy atom.